The van der Waals surface area contributed by atoms with Crippen LogP contribution in [0.1, 0.15) is 44.9 Å². The third-order valence-corrected chi connectivity index (χ3v) is 8.86. The lowest BCUT2D eigenvalue weighted by atomic mass is 9.74. The number of nitrogens with one attached hydrogen (secondary N) is 2. The van der Waals surface area contributed by atoms with Gasteiger partial charge in [-0.05, 0) is 62.1 Å². The number of carbonyl (C=O) groups is 3. The predicted octanol–water partition coefficient (Wildman–Crippen LogP) is 4.18. The molecule has 5 aliphatic rings. The first kappa shape index (κ1) is 24.4. The molecule has 2 aromatic rings. The molecule has 202 valence electrons. The van der Waals surface area contributed by atoms with Gasteiger partial charge in [0.15, 0.2) is 0 Å². The van der Waals surface area contributed by atoms with Crippen LogP contribution in [0.4, 0.5) is 5.69 Å². The van der Waals surface area contributed by atoms with Gasteiger partial charge < -0.3 is 25.0 Å². The second kappa shape index (κ2) is 9.52. The smallest absolute Gasteiger partial charge is 0.246 e. The van der Waals surface area contributed by atoms with Gasteiger partial charge in [-0.25, -0.2) is 0 Å². The lowest BCUT2D eigenvalue weighted by molar-refractivity contribution is -0.142. The largest absolute Gasteiger partial charge is 0.457 e. The summed E-state index contributed by atoms with van der Waals surface area (Å²) < 4.78 is 12.3. The summed E-state index contributed by atoms with van der Waals surface area (Å²) >= 11 is 0. The Bertz CT molecular complexity index is 1300. The molecular formula is C31H33N3O5. The van der Waals surface area contributed by atoms with Crippen LogP contribution in [0.5, 0.6) is 11.5 Å². The van der Waals surface area contributed by atoms with Gasteiger partial charge in [-0.15, -0.1) is 0 Å². The van der Waals surface area contributed by atoms with Crippen LogP contribution in [0.2, 0.25) is 0 Å². The summed E-state index contributed by atoms with van der Waals surface area (Å²) in [6.07, 6.45) is 10.3. The lowest BCUT2D eigenvalue weighted by Gasteiger charge is -2.34. The van der Waals surface area contributed by atoms with Crippen molar-refractivity contribution in [1.29, 1.82) is 0 Å². The summed E-state index contributed by atoms with van der Waals surface area (Å²) in [4.78, 5) is 43.0. The minimum Gasteiger partial charge on any atom is -0.457 e. The zero-order valence-corrected chi connectivity index (χ0v) is 21.8. The van der Waals surface area contributed by atoms with E-state index in [1.54, 1.807) is 29.2 Å². The van der Waals surface area contributed by atoms with Gasteiger partial charge in [0.2, 0.25) is 17.7 Å². The molecule has 3 amide bonds. The minimum atomic E-state index is -1.10. The van der Waals surface area contributed by atoms with E-state index in [4.69, 9.17) is 9.47 Å². The highest BCUT2D eigenvalue weighted by atomic mass is 16.5. The van der Waals surface area contributed by atoms with Crippen molar-refractivity contribution < 1.29 is 23.9 Å². The molecule has 8 heteroatoms. The zero-order chi connectivity index (χ0) is 26.6. The number of benzene rings is 2. The molecule has 2 N–H and O–H groups in total. The number of hydrogen-bond acceptors (Lipinski definition) is 5. The van der Waals surface area contributed by atoms with E-state index in [-0.39, 0.29) is 29.8 Å². The Balaban J connectivity index is 1.10. The normalized spacial score (nSPS) is 31.3. The Morgan fingerprint density at radius 1 is 0.897 bits per heavy atom. The van der Waals surface area contributed by atoms with E-state index in [1.807, 2.05) is 42.5 Å². The van der Waals surface area contributed by atoms with E-state index in [0.29, 0.717) is 11.4 Å². The van der Waals surface area contributed by atoms with Crippen LogP contribution in [0.15, 0.2) is 66.7 Å². The molecule has 4 fully saturated rings. The molecule has 2 bridgehead atoms. The molecule has 39 heavy (non-hydrogen) atoms. The quantitative estimate of drug-likeness (QED) is 0.527. The maximum Gasteiger partial charge on any atom is 0.246 e. The van der Waals surface area contributed by atoms with Crippen molar-refractivity contribution in [3.05, 3.63) is 66.7 Å². The van der Waals surface area contributed by atoms with Crippen molar-refractivity contribution in [2.24, 2.45) is 11.8 Å². The van der Waals surface area contributed by atoms with Gasteiger partial charge in [-0.2, -0.15) is 0 Å². The molecule has 5 atom stereocenters. The molecule has 1 spiro atoms. The molecule has 3 aliphatic heterocycles. The highest BCUT2D eigenvalue weighted by Crippen LogP contribution is 2.57. The maximum absolute atomic E-state index is 13.9. The third kappa shape index (κ3) is 4.22. The first-order valence-corrected chi connectivity index (χ1v) is 14.2. The van der Waals surface area contributed by atoms with E-state index in [1.165, 1.54) is 6.42 Å². The van der Waals surface area contributed by atoms with Gasteiger partial charge in [-0.3, -0.25) is 14.4 Å². The molecule has 2 saturated heterocycles. The SMILES string of the molecule is O=C(Nc1ccc(Oc2ccccc2)cc1)[C@H]1[C@@H]2C=C[C@]3(O2)[C@@H]1C(=O)N(C1CC1)[C@@H]3C(=O)NC1CCCCC1. The summed E-state index contributed by atoms with van der Waals surface area (Å²) in [5.74, 6) is -0.586. The molecule has 7 rings (SSSR count). The number of anilines is 1. The molecule has 3 heterocycles. The van der Waals surface area contributed by atoms with Crippen molar-refractivity contribution >= 4 is 23.4 Å². The van der Waals surface area contributed by atoms with Crippen LogP contribution in [0.3, 0.4) is 0 Å². The Labute approximate surface area is 227 Å². The Hall–Kier alpha value is -3.65. The standard InChI is InChI=1S/C31H33N3O5/c35-28(32-20-11-15-23(16-12-20)38-22-9-5-2-6-10-22)25-24-17-18-31(39-24)26(25)30(37)34(21-13-14-21)27(31)29(36)33-19-7-3-1-4-8-19/h2,5-6,9-12,15-19,21,24-27H,1,3-4,7-8,13-14H2,(H,32,35)(H,33,36)/t24-,25-,26-,27+,31-/m0/s1. The molecule has 8 nitrogen and oxygen atoms in total. The van der Waals surface area contributed by atoms with Crippen molar-refractivity contribution in [2.45, 2.75) is 74.8 Å². The van der Waals surface area contributed by atoms with Crippen LogP contribution in [0.25, 0.3) is 0 Å². The second-order valence-electron chi connectivity index (χ2n) is 11.5. The number of hydrogen-bond donors (Lipinski definition) is 2. The van der Waals surface area contributed by atoms with Gasteiger partial charge in [0, 0.05) is 17.8 Å². The highest BCUT2D eigenvalue weighted by Gasteiger charge is 2.74. The van der Waals surface area contributed by atoms with Gasteiger partial charge in [0.25, 0.3) is 0 Å². The molecule has 2 aromatic carbocycles. The van der Waals surface area contributed by atoms with Crippen LogP contribution in [-0.2, 0) is 19.1 Å². The van der Waals surface area contributed by atoms with Crippen LogP contribution >= 0.6 is 0 Å². The average molecular weight is 528 g/mol. The Kier molecular flexibility index (Phi) is 5.95. The summed E-state index contributed by atoms with van der Waals surface area (Å²) in [7, 11) is 0. The monoisotopic (exact) mass is 527 g/mol. The fourth-order valence-electron chi connectivity index (χ4n) is 6.94. The number of likely N-dealkylation sites (tertiary alicyclic amines) is 1. The van der Waals surface area contributed by atoms with E-state index < -0.39 is 29.6 Å². The maximum atomic E-state index is 13.9. The number of ether oxygens (including phenoxy) is 2. The lowest BCUT2D eigenvalue weighted by Crippen LogP contribution is -2.57. The van der Waals surface area contributed by atoms with Gasteiger partial charge in [-0.1, -0.05) is 49.6 Å². The van der Waals surface area contributed by atoms with E-state index in [9.17, 15) is 14.4 Å². The molecular weight excluding hydrogens is 494 g/mol. The predicted molar refractivity (Wildman–Crippen MR) is 144 cm³/mol. The first-order chi connectivity index (χ1) is 19.0. The van der Waals surface area contributed by atoms with E-state index in [0.717, 1.165) is 44.3 Å². The van der Waals surface area contributed by atoms with E-state index >= 15 is 0 Å². The summed E-state index contributed by atoms with van der Waals surface area (Å²) in [5, 5.41) is 6.21. The number of para-hydroxylation sites is 1. The number of rotatable bonds is 7. The fourth-order valence-corrected chi connectivity index (χ4v) is 6.94. The summed E-state index contributed by atoms with van der Waals surface area (Å²) in [5.41, 5.74) is -0.490. The van der Waals surface area contributed by atoms with Gasteiger partial charge in [0.1, 0.15) is 23.1 Å². The van der Waals surface area contributed by atoms with Crippen molar-refractivity contribution in [1.82, 2.24) is 10.2 Å². The number of nitrogens with zero attached hydrogens (tertiary/aromatic N) is 1. The van der Waals surface area contributed by atoms with Crippen molar-refractivity contribution in [3.63, 3.8) is 0 Å². The van der Waals surface area contributed by atoms with Gasteiger partial charge in [0.05, 0.1) is 17.9 Å². The zero-order valence-electron chi connectivity index (χ0n) is 21.8. The summed E-state index contributed by atoms with van der Waals surface area (Å²) in [6.45, 7) is 0. The highest BCUT2D eigenvalue weighted by molar-refractivity contribution is 6.03. The Morgan fingerprint density at radius 2 is 1.62 bits per heavy atom. The molecule has 2 aliphatic carbocycles. The van der Waals surface area contributed by atoms with Gasteiger partial charge >= 0.3 is 0 Å². The first-order valence-electron chi connectivity index (χ1n) is 14.2. The van der Waals surface area contributed by atoms with Crippen LogP contribution in [0, 0.1) is 11.8 Å². The molecule has 0 radical (unpaired) electrons. The average Bonchev–Trinajstić information content (AvgIpc) is 3.54. The number of fused-ring (bicyclic) bond motifs is 1. The number of carbonyl (C=O) groups excluding carboxylic acids is 3. The van der Waals surface area contributed by atoms with E-state index in [2.05, 4.69) is 10.6 Å². The molecule has 0 aromatic heterocycles. The molecule has 2 saturated carbocycles. The minimum absolute atomic E-state index is 0.0384. The fraction of sp³-hybridized carbons (Fsp3) is 0.452. The van der Waals surface area contributed by atoms with Crippen LogP contribution in [-0.4, -0.2) is 52.5 Å². The summed E-state index contributed by atoms with van der Waals surface area (Å²) in [6, 6.07) is 16.1. The van der Waals surface area contributed by atoms with Crippen molar-refractivity contribution in [2.75, 3.05) is 5.32 Å². The second-order valence-corrected chi connectivity index (χ2v) is 11.5. The molecule has 0 unspecified atom stereocenters. The van der Waals surface area contributed by atoms with Crippen molar-refractivity contribution in [3.8, 4) is 11.5 Å². The third-order valence-electron chi connectivity index (χ3n) is 8.86. The number of amides is 3. The topological polar surface area (TPSA) is 97.0 Å². The van der Waals surface area contributed by atoms with Crippen LogP contribution < -0.4 is 15.4 Å². The Morgan fingerprint density at radius 3 is 2.33 bits per heavy atom.